The number of amides is 1. The molecule has 0 bridgehead atoms. The molecule has 0 unspecified atom stereocenters. The van der Waals surface area contributed by atoms with Crippen molar-refractivity contribution in [1.82, 2.24) is 20.1 Å². The van der Waals surface area contributed by atoms with Gasteiger partial charge >= 0.3 is 0 Å². The van der Waals surface area contributed by atoms with Crippen LogP contribution in [-0.4, -0.2) is 39.6 Å². The van der Waals surface area contributed by atoms with Gasteiger partial charge in [0.15, 0.2) is 11.0 Å². The molecule has 0 aliphatic carbocycles. The van der Waals surface area contributed by atoms with E-state index in [1.54, 1.807) is 13.2 Å². The van der Waals surface area contributed by atoms with E-state index in [1.165, 1.54) is 11.8 Å². The molecule has 1 heterocycles. The summed E-state index contributed by atoms with van der Waals surface area (Å²) >= 11 is 1.38. The summed E-state index contributed by atoms with van der Waals surface area (Å²) in [6.45, 7) is 8.40. The Kier molecular flexibility index (Phi) is 7.06. The van der Waals surface area contributed by atoms with Crippen LogP contribution in [0.1, 0.15) is 20.3 Å². The minimum atomic E-state index is -0.00139. The molecule has 0 radical (unpaired) electrons. The van der Waals surface area contributed by atoms with Crippen molar-refractivity contribution >= 4 is 17.7 Å². The number of ether oxygens (including phenoxy) is 1. The van der Waals surface area contributed by atoms with E-state index in [1.807, 2.05) is 42.7 Å². The molecule has 7 heteroatoms. The summed E-state index contributed by atoms with van der Waals surface area (Å²) in [5, 5.41) is 12.2. The molecule has 0 fully saturated rings. The van der Waals surface area contributed by atoms with E-state index in [0.717, 1.165) is 23.6 Å². The standard InChI is InChI=1S/C18H24N4O2S/c1-5-11-22-17(14-7-9-15(24-4)10-8-14)20-21-18(22)25-12-16(23)19-13(3)6-2/h5,7-10,13H,1,6,11-12H2,2-4H3,(H,19,23)/t13-/m1/s1. The molecular weight excluding hydrogens is 336 g/mol. The number of allylic oxidation sites excluding steroid dienone is 1. The summed E-state index contributed by atoms with van der Waals surface area (Å²) in [6.07, 6.45) is 2.70. The fourth-order valence-electron chi connectivity index (χ4n) is 2.19. The largest absolute Gasteiger partial charge is 0.497 e. The minimum Gasteiger partial charge on any atom is -0.497 e. The van der Waals surface area contributed by atoms with Crippen molar-refractivity contribution in [2.45, 2.75) is 38.0 Å². The van der Waals surface area contributed by atoms with Gasteiger partial charge in [0.2, 0.25) is 5.91 Å². The third-order valence-electron chi connectivity index (χ3n) is 3.73. The van der Waals surface area contributed by atoms with Crippen molar-refractivity contribution in [1.29, 1.82) is 0 Å². The first-order valence-corrected chi connectivity index (χ1v) is 9.18. The smallest absolute Gasteiger partial charge is 0.230 e. The summed E-state index contributed by atoms with van der Waals surface area (Å²) in [5.41, 5.74) is 0.936. The predicted octanol–water partition coefficient (Wildman–Crippen LogP) is 3.15. The lowest BCUT2D eigenvalue weighted by Gasteiger charge is -2.11. The molecule has 1 aromatic carbocycles. The van der Waals surface area contributed by atoms with Crippen molar-refractivity contribution in [3.05, 3.63) is 36.9 Å². The highest BCUT2D eigenvalue weighted by Gasteiger charge is 2.15. The number of hydrogen-bond donors (Lipinski definition) is 1. The lowest BCUT2D eigenvalue weighted by molar-refractivity contribution is -0.119. The van der Waals surface area contributed by atoms with Crippen LogP contribution in [0.3, 0.4) is 0 Å². The van der Waals surface area contributed by atoms with Gasteiger partial charge in [0.05, 0.1) is 12.9 Å². The number of carbonyl (C=O) groups excluding carboxylic acids is 1. The Bertz CT molecular complexity index is 712. The second-order valence-electron chi connectivity index (χ2n) is 5.60. The third-order valence-corrected chi connectivity index (χ3v) is 4.70. The van der Waals surface area contributed by atoms with Crippen LogP contribution in [-0.2, 0) is 11.3 Å². The van der Waals surface area contributed by atoms with Crippen LogP contribution in [0.5, 0.6) is 5.75 Å². The highest BCUT2D eigenvalue weighted by atomic mass is 32.2. The van der Waals surface area contributed by atoms with E-state index in [0.29, 0.717) is 17.5 Å². The molecule has 0 saturated heterocycles. The van der Waals surface area contributed by atoms with E-state index >= 15 is 0 Å². The first kappa shape index (κ1) is 19.1. The van der Waals surface area contributed by atoms with Gasteiger partial charge in [-0.05, 0) is 37.6 Å². The Hall–Kier alpha value is -2.28. The average molecular weight is 360 g/mol. The molecule has 6 nitrogen and oxygen atoms in total. The number of benzene rings is 1. The Balaban J connectivity index is 2.15. The van der Waals surface area contributed by atoms with Crippen LogP contribution < -0.4 is 10.1 Å². The first-order chi connectivity index (χ1) is 12.1. The minimum absolute atomic E-state index is 0.00139. The maximum absolute atomic E-state index is 12.0. The topological polar surface area (TPSA) is 69.0 Å². The van der Waals surface area contributed by atoms with E-state index < -0.39 is 0 Å². The van der Waals surface area contributed by atoms with Gasteiger partial charge < -0.3 is 10.1 Å². The number of nitrogens with one attached hydrogen (secondary N) is 1. The molecule has 0 spiro atoms. The summed E-state index contributed by atoms with van der Waals surface area (Å²) in [7, 11) is 1.63. The number of aromatic nitrogens is 3. The second-order valence-corrected chi connectivity index (χ2v) is 6.54. The molecule has 25 heavy (non-hydrogen) atoms. The number of rotatable bonds is 9. The van der Waals surface area contributed by atoms with Crippen LogP contribution >= 0.6 is 11.8 Å². The summed E-state index contributed by atoms with van der Waals surface area (Å²) in [5.74, 6) is 1.84. The molecule has 0 saturated carbocycles. The van der Waals surface area contributed by atoms with Crippen molar-refractivity contribution in [3.63, 3.8) is 0 Å². The number of methoxy groups -OCH3 is 1. The van der Waals surface area contributed by atoms with Crippen molar-refractivity contribution in [2.75, 3.05) is 12.9 Å². The second kappa shape index (κ2) is 9.27. The Morgan fingerprint density at radius 2 is 2.12 bits per heavy atom. The molecular formula is C18H24N4O2S. The van der Waals surface area contributed by atoms with Gasteiger partial charge in [0, 0.05) is 18.2 Å². The Labute approximate surface area is 152 Å². The Morgan fingerprint density at radius 3 is 2.72 bits per heavy atom. The summed E-state index contributed by atoms with van der Waals surface area (Å²) < 4.78 is 7.14. The monoisotopic (exact) mass is 360 g/mol. The molecule has 2 aromatic rings. The number of carbonyl (C=O) groups is 1. The maximum Gasteiger partial charge on any atom is 0.230 e. The fourth-order valence-corrected chi connectivity index (χ4v) is 2.95. The number of nitrogens with zero attached hydrogens (tertiary/aromatic N) is 3. The van der Waals surface area contributed by atoms with Gasteiger partial charge in [0.25, 0.3) is 0 Å². The zero-order valence-corrected chi connectivity index (χ0v) is 15.7. The van der Waals surface area contributed by atoms with Crippen LogP contribution in [0, 0.1) is 0 Å². The van der Waals surface area contributed by atoms with Gasteiger partial charge in [0.1, 0.15) is 5.75 Å². The molecule has 1 aromatic heterocycles. The zero-order chi connectivity index (χ0) is 18.2. The Morgan fingerprint density at radius 1 is 1.40 bits per heavy atom. The molecule has 0 aliphatic heterocycles. The van der Waals surface area contributed by atoms with Crippen molar-refractivity contribution in [2.24, 2.45) is 0 Å². The van der Waals surface area contributed by atoms with Gasteiger partial charge in [-0.1, -0.05) is 24.8 Å². The highest BCUT2D eigenvalue weighted by Crippen LogP contribution is 2.25. The third kappa shape index (κ3) is 5.09. The number of hydrogen-bond acceptors (Lipinski definition) is 5. The molecule has 1 atom stereocenters. The van der Waals surface area contributed by atoms with Gasteiger partial charge in [-0.25, -0.2) is 0 Å². The van der Waals surface area contributed by atoms with Gasteiger partial charge in [-0.2, -0.15) is 0 Å². The van der Waals surface area contributed by atoms with Gasteiger partial charge in [-0.15, -0.1) is 16.8 Å². The fraction of sp³-hybridized carbons (Fsp3) is 0.389. The lowest BCUT2D eigenvalue weighted by Crippen LogP contribution is -2.33. The van der Waals surface area contributed by atoms with Crippen LogP contribution in [0.15, 0.2) is 42.1 Å². The van der Waals surface area contributed by atoms with Crippen LogP contribution in [0.25, 0.3) is 11.4 Å². The molecule has 0 aliphatic rings. The van der Waals surface area contributed by atoms with Crippen LogP contribution in [0.4, 0.5) is 0 Å². The van der Waals surface area contributed by atoms with Crippen LogP contribution in [0.2, 0.25) is 0 Å². The van der Waals surface area contributed by atoms with Gasteiger partial charge in [-0.3, -0.25) is 9.36 Å². The molecule has 1 N–H and O–H groups in total. The van der Waals surface area contributed by atoms with E-state index in [-0.39, 0.29) is 11.9 Å². The highest BCUT2D eigenvalue weighted by molar-refractivity contribution is 7.99. The van der Waals surface area contributed by atoms with E-state index in [4.69, 9.17) is 4.74 Å². The molecule has 2 rings (SSSR count). The molecule has 134 valence electrons. The summed E-state index contributed by atoms with van der Waals surface area (Å²) in [6, 6.07) is 7.82. The average Bonchev–Trinajstić information content (AvgIpc) is 3.03. The summed E-state index contributed by atoms with van der Waals surface area (Å²) in [4.78, 5) is 12.0. The first-order valence-electron chi connectivity index (χ1n) is 8.19. The SMILES string of the molecule is C=CCn1c(SCC(=O)N[C@H](C)CC)nnc1-c1ccc(OC)cc1. The van der Waals surface area contributed by atoms with Crippen molar-refractivity contribution < 1.29 is 9.53 Å². The predicted molar refractivity (Wildman–Crippen MR) is 101 cm³/mol. The maximum atomic E-state index is 12.0. The van der Waals surface area contributed by atoms with E-state index in [9.17, 15) is 4.79 Å². The van der Waals surface area contributed by atoms with E-state index in [2.05, 4.69) is 22.1 Å². The molecule has 1 amide bonds. The number of thioether (sulfide) groups is 1. The van der Waals surface area contributed by atoms with Crippen molar-refractivity contribution in [3.8, 4) is 17.1 Å². The lowest BCUT2D eigenvalue weighted by atomic mass is 10.2. The zero-order valence-electron chi connectivity index (χ0n) is 14.9. The quantitative estimate of drug-likeness (QED) is 0.549. The normalized spacial score (nSPS) is 11.8.